The van der Waals surface area contributed by atoms with Gasteiger partial charge in [0, 0.05) is 33.0 Å². The number of benzene rings is 7. The van der Waals surface area contributed by atoms with E-state index in [-0.39, 0.29) is 17.6 Å². The van der Waals surface area contributed by atoms with Crippen LogP contribution in [0.1, 0.15) is 6.85 Å². The zero-order valence-electron chi connectivity index (χ0n) is 31.1. The number of fused-ring (bicyclic) bond motifs is 3. The van der Waals surface area contributed by atoms with Crippen molar-refractivity contribution in [3.8, 4) is 67.5 Å². The highest BCUT2D eigenvalue weighted by atomic mass is 16.3. The molecule has 0 fully saturated rings. The lowest BCUT2D eigenvalue weighted by Crippen LogP contribution is -2.00. The molecule has 9 aromatic rings. The average molecular weight is 633 g/mol. The number of aromatic nitrogens is 3. The third-order valence-corrected chi connectivity index (χ3v) is 8.62. The Bertz CT molecular complexity index is 2760. The Kier molecular flexibility index (Phi) is 5.87. The molecule has 0 atom stereocenters. The van der Waals surface area contributed by atoms with E-state index in [0.29, 0.717) is 39.8 Å². The van der Waals surface area contributed by atoms with Crippen LogP contribution in [0.4, 0.5) is 0 Å². The van der Waals surface area contributed by atoms with Crippen LogP contribution < -0.4 is 0 Å². The van der Waals surface area contributed by atoms with Gasteiger partial charge in [-0.15, -0.1) is 0 Å². The molecule has 2 aromatic heterocycles. The lowest BCUT2D eigenvalue weighted by Gasteiger charge is -2.10. The maximum atomic E-state index is 8.60. The fourth-order valence-electron chi connectivity index (χ4n) is 6.22. The summed E-state index contributed by atoms with van der Waals surface area (Å²) in [6.07, 6.45) is 0. The van der Waals surface area contributed by atoms with Gasteiger partial charge in [0.05, 0.1) is 6.85 Å². The Hall–Kier alpha value is -6.65. The molecule has 0 aliphatic rings. The summed E-state index contributed by atoms with van der Waals surface area (Å²) < 4.78 is 48.2. The molecule has 0 amide bonds. The van der Waals surface area contributed by atoms with E-state index in [2.05, 4.69) is 48.5 Å². The van der Waals surface area contributed by atoms with Gasteiger partial charge in [-0.3, -0.25) is 0 Å². The second-order valence-electron chi connectivity index (χ2n) is 11.7. The quantitative estimate of drug-likeness (QED) is 0.183. The number of hydrogen-bond donors (Lipinski definition) is 0. The lowest BCUT2D eigenvalue weighted by atomic mass is 10.0. The van der Waals surface area contributed by atoms with Gasteiger partial charge in [0.2, 0.25) is 0 Å². The molecule has 0 spiro atoms. The Morgan fingerprint density at radius 3 is 1.49 bits per heavy atom. The summed E-state index contributed by atoms with van der Waals surface area (Å²) in [6.45, 7) is 0. The van der Waals surface area contributed by atoms with Crippen LogP contribution in [0.2, 0.25) is 0 Å². The van der Waals surface area contributed by atoms with Crippen LogP contribution in [0.15, 0.2) is 180 Å². The molecule has 9 rings (SSSR count). The second kappa shape index (κ2) is 12.2. The fourth-order valence-corrected chi connectivity index (χ4v) is 6.22. The summed E-state index contributed by atoms with van der Waals surface area (Å²) in [7, 11) is 0. The zero-order chi connectivity index (χ0) is 36.9. The molecule has 7 aromatic carbocycles. The highest BCUT2D eigenvalue weighted by Crippen LogP contribution is 2.38. The van der Waals surface area contributed by atoms with E-state index in [1.807, 2.05) is 84.9 Å². The molecule has 0 saturated heterocycles. The van der Waals surface area contributed by atoms with Gasteiger partial charge in [-0.25, -0.2) is 15.0 Å². The molecular formula is C45H29N3O. The van der Waals surface area contributed by atoms with Crippen molar-refractivity contribution in [1.29, 1.82) is 0 Å². The third-order valence-electron chi connectivity index (χ3n) is 8.62. The van der Waals surface area contributed by atoms with Crippen LogP contribution in [-0.4, -0.2) is 15.0 Å². The van der Waals surface area contributed by atoms with Gasteiger partial charge in [-0.1, -0.05) is 152 Å². The number of furan rings is 1. The first-order chi connectivity index (χ1) is 26.3. The van der Waals surface area contributed by atoms with Crippen molar-refractivity contribution in [2.24, 2.45) is 0 Å². The molecule has 2 heterocycles. The molecular weight excluding hydrogens is 599 g/mol. The van der Waals surface area contributed by atoms with Crippen molar-refractivity contribution >= 4 is 21.9 Å². The molecule has 4 heteroatoms. The third kappa shape index (κ3) is 5.45. The van der Waals surface area contributed by atoms with E-state index in [1.165, 1.54) is 0 Å². The van der Waals surface area contributed by atoms with E-state index in [9.17, 15) is 0 Å². The monoisotopic (exact) mass is 632 g/mol. The zero-order valence-corrected chi connectivity index (χ0v) is 26.1. The minimum Gasteiger partial charge on any atom is -0.455 e. The van der Waals surface area contributed by atoms with Crippen molar-refractivity contribution in [3.63, 3.8) is 0 Å². The second-order valence-corrected chi connectivity index (χ2v) is 11.7. The van der Waals surface area contributed by atoms with Crippen LogP contribution in [0.5, 0.6) is 0 Å². The van der Waals surface area contributed by atoms with Crippen LogP contribution in [0.25, 0.3) is 89.5 Å². The van der Waals surface area contributed by atoms with Gasteiger partial charge in [0.15, 0.2) is 17.5 Å². The molecule has 4 nitrogen and oxygen atoms in total. The molecule has 49 heavy (non-hydrogen) atoms. The van der Waals surface area contributed by atoms with E-state index in [4.69, 9.17) is 26.2 Å². The maximum absolute atomic E-state index is 8.60. The molecule has 230 valence electrons. The van der Waals surface area contributed by atoms with Crippen LogP contribution in [-0.2, 0) is 0 Å². The molecule has 0 aliphatic carbocycles. The van der Waals surface area contributed by atoms with Crippen molar-refractivity contribution in [3.05, 3.63) is 176 Å². The number of nitrogens with zero attached hydrogens (tertiary/aromatic N) is 3. The largest absolute Gasteiger partial charge is 0.455 e. The molecule has 0 aliphatic heterocycles. The summed E-state index contributed by atoms with van der Waals surface area (Å²) in [5, 5.41) is 1.57. The van der Waals surface area contributed by atoms with Crippen molar-refractivity contribution < 1.29 is 11.3 Å². The summed E-state index contributed by atoms with van der Waals surface area (Å²) in [5.41, 5.74) is 8.12. The van der Waals surface area contributed by atoms with E-state index < -0.39 is 18.1 Å². The highest BCUT2D eigenvalue weighted by molar-refractivity contribution is 6.10. The Morgan fingerprint density at radius 2 is 0.898 bits per heavy atom. The smallest absolute Gasteiger partial charge is 0.164 e. The van der Waals surface area contributed by atoms with Crippen molar-refractivity contribution in [2.75, 3.05) is 0 Å². The Labute approximate surface area is 291 Å². The van der Waals surface area contributed by atoms with Crippen LogP contribution in [0, 0.1) is 0 Å². The number of para-hydroxylation sites is 1. The fraction of sp³-hybridized carbons (Fsp3) is 0. The standard InChI is InChI=1S/C45H29N3O/c1-4-13-30(14-5-1)33-19-10-21-35(27-33)43-46-44(36-22-11-20-34(28-36)31-15-6-2-7-16-31)48-45(47-43)37-25-26-39-40-24-12-23-38(32-17-8-3-9-18-32)42(40)49-41(39)29-37/h1-29H/i3D,8D,9D,17D,18D. The van der Waals surface area contributed by atoms with Gasteiger partial charge >= 0.3 is 0 Å². The van der Waals surface area contributed by atoms with Gasteiger partial charge in [0.25, 0.3) is 0 Å². The van der Waals surface area contributed by atoms with Crippen LogP contribution >= 0.6 is 0 Å². The minimum absolute atomic E-state index is 0.0908. The van der Waals surface area contributed by atoms with Crippen LogP contribution in [0.3, 0.4) is 0 Å². The summed E-state index contributed by atoms with van der Waals surface area (Å²) >= 11 is 0. The Balaban J connectivity index is 1.21. The number of rotatable bonds is 6. The lowest BCUT2D eigenvalue weighted by molar-refractivity contribution is 0.670. The van der Waals surface area contributed by atoms with Gasteiger partial charge in [-0.2, -0.15) is 0 Å². The van der Waals surface area contributed by atoms with E-state index in [1.54, 1.807) is 12.1 Å². The SMILES string of the molecule is [2H]c1c([2H])c([2H])c(-c2cccc3c2oc2cc(-c4nc(-c5cccc(-c6ccccc6)c5)nc(-c5cccc(-c6ccccc6)c5)n4)ccc23)c([2H])c1[2H]. The van der Waals surface area contributed by atoms with Crippen molar-refractivity contribution in [2.45, 2.75) is 0 Å². The summed E-state index contributed by atoms with van der Waals surface area (Å²) in [6, 6.07) is 46.1. The predicted molar refractivity (Wildman–Crippen MR) is 200 cm³/mol. The topological polar surface area (TPSA) is 51.8 Å². The molecule has 0 unspecified atom stereocenters. The first-order valence-corrected chi connectivity index (χ1v) is 15.9. The Morgan fingerprint density at radius 1 is 0.388 bits per heavy atom. The van der Waals surface area contributed by atoms with Gasteiger partial charge in [-0.05, 0) is 52.1 Å². The predicted octanol–water partition coefficient (Wildman–Crippen LogP) is 11.8. The minimum atomic E-state index is -0.440. The van der Waals surface area contributed by atoms with Gasteiger partial charge in [0.1, 0.15) is 11.2 Å². The first kappa shape index (κ1) is 23.6. The summed E-state index contributed by atoms with van der Waals surface area (Å²) in [4.78, 5) is 15.1. The van der Waals surface area contributed by atoms with Gasteiger partial charge < -0.3 is 4.42 Å². The average Bonchev–Trinajstić information content (AvgIpc) is 3.61. The normalized spacial score (nSPS) is 12.7. The highest BCUT2D eigenvalue weighted by Gasteiger charge is 2.17. The van der Waals surface area contributed by atoms with Crippen molar-refractivity contribution in [1.82, 2.24) is 15.0 Å². The summed E-state index contributed by atoms with van der Waals surface area (Å²) in [5.74, 6) is 1.50. The van der Waals surface area contributed by atoms with E-state index >= 15 is 0 Å². The maximum Gasteiger partial charge on any atom is 0.164 e. The molecule has 0 radical (unpaired) electrons. The molecule has 0 bridgehead atoms. The number of hydrogen-bond acceptors (Lipinski definition) is 4. The van der Waals surface area contributed by atoms with E-state index in [0.717, 1.165) is 44.2 Å². The molecule has 0 N–H and O–H groups in total. The molecule has 0 saturated carbocycles. The first-order valence-electron chi connectivity index (χ1n) is 18.4.